The minimum absolute atomic E-state index is 0.235. The Morgan fingerprint density at radius 3 is 2.84 bits per heavy atom. The van der Waals surface area contributed by atoms with Crippen LogP contribution in [0.15, 0.2) is 18.2 Å². The molecule has 0 aliphatic heterocycles. The van der Waals surface area contributed by atoms with Gasteiger partial charge >= 0.3 is 0 Å². The van der Waals surface area contributed by atoms with Crippen molar-refractivity contribution in [3.8, 4) is 5.75 Å². The Hall–Kier alpha value is -1.66. The number of ether oxygens (including phenoxy) is 1. The normalized spacial score (nSPS) is 10.3. The van der Waals surface area contributed by atoms with Gasteiger partial charge in [0, 0.05) is 5.69 Å². The lowest BCUT2D eigenvalue weighted by Crippen LogP contribution is -2.12. The summed E-state index contributed by atoms with van der Waals surface area (Å²) in [6.45, 7) is 4.42. The van der Waals surface area contributed by atoms with Crippen LogP contribution in [0.3, 0.4) is 0 Å². The average Bonchev–Trinajstić information content (AvgIpc) is 2.80. The zero-order valence-corrected chi connectivity index (χ0v) is 12.0. The van der Waals surface area contributed by atoms with Crippen molar-refractivity contribution < 1.29 is 9.53 Å². The lowest BCUT2D eigenvalue weighted by Gasteiger charge is -2.09. The summed E-state index contributed by atoms with van der Waals surface area (Å²) in [6, 6.07) is 5.46. The minimum atomic E-state index is -0.323. The van der Waals surface area contributed by atoms with E-state index in [0.29, 0.717) is 12.3 Å². The van der Waals surface area contributed by atoms with Crippen LogP contribution in [-0.2, 0) is 0 Å². The van der Waals surface area contributed by atoms with Crippen molar-refractivity contribution in [3.63, 3.8) is 0 Å². The van der Waals surface area contributed by atoms with E-state index in [1.165, 1.54) is 0 Å². The predicted octanol–water partition coefficient (Wildman–Crippen LogP) is 3.15. The van der Waals surface area contributed by atoms with Gasteiger partial charge in [0.05, 0.1) is 6.61 Å². The van der Waals surface area contributed by atoms with Gasteiger partial charge in [0.2, 0.25) is 9.47 Å². The number of benzene rings is 1. The molecule has 2 rings (SSSR count). The Labute approximate surface area is 119 Å². The quantitative estimate of drug-likeness (QED) is 0.941. The molecule has 0 atom stereocenters. The monoisotopic (exact) mass is 297 g/mol. The van der Waals surface area contributed by atoms with E-state index in [0.717, 1.165) is 22.6 Å². The van der Waals surface area contributed by atoms with Crippen molar-refractivity contribution in [1.82, 2.24) is 10.2 Å². The molecule has 0 bridgehead atoms. The second-order valence-electron chi connectivity index (χ2n) is 3.72. The first-order chi connectivity index (χ1) is 9.10. The van der Waals surface area contributed by atoms with Gasteiger partial charge in [-0.15, -0.1) is 10.2 Å². The summed E-state index contributed by atoms with van der Waals surface area (Å²) in [5.74, 6) is 0.452. The number of carbonyl (C=O) groups is 1. The highest BCUT2D eigenvalue weighted by atomic mass is 35.5. The van der Waals surface area contributed by atoms with Crippen molar-refractivity contribution in [1.29, 1.82) is 0 Å². The molecule has 0 unspecified atom stereocenters. The molecule has 5 nitrogen and oxygen atoms in total. The van der Waals surface area contributed by atoms with Crippen LogP contribution in [0.25, 0.3) is 0 Å². The molecule has 0 radical (unpaired) electrons. The molecule has 1 heterocycles. The number of carbonyl (C=O) groups excluding carboxylic acids is 1. The second kappa shape index (κ2) is 5.99. The molecule has 2 aromatic rings. The Balaban J connectivity index is 2.13. The highest BCUT2D eigenvalue weighted by Crippen LogP contribution is 2.23. The first-order valence-corrected chi connectivity index (χ1v) is 6.83. The molecule has 0 saturated carbocycles. The van der Waals surface area contributed by atoms with E-state index in [9.17, 15) is 4.79 Å². The maximum absolute atomic E-state index is 11.9. The number of halogens is 1. The van der Waals surface area contributed by atoms with Crippen LogP contribution < -0.4 is 10.1 Å². The molecule has 0 aliphatic carbocycles. The molecule has 1 N–H and O–H groups in total. The molecule has 1 amide bonds. The van der Waals surface area contributed by atoms with Gasteiger partial charge in [0.1, 0.15) is 5.75 Å². The van der Waals surface area contributed by atoms with Crippen molar-refractivity contribution in [2.45, 2.75) is 13.8 Å². The molecule has 0 spiro atoms. The first-order valence-electron chi connectivity index (χ1n) is 5.64. The number of hydrogen-bond acceptors (Lipinski definition) is 5. The Bertz CT molecular complexity index is 600. The zero-order valence-electron chi connectivity index (χ0n) is 10.4. The van der Waals surface area contributed by atoms with Gasteiger partial charge in [-0.1, -0.05) is 11.3 Å². The maximum Gasteiger partial charge on any atom is 0.286 e. The van der Waals surface area contributed by atoms with Crippen LogP contribution in [0.2, 0.25) is 4.47 Å². The fraction of sp³-hybridized carbons (Fsp3) is 0.250. The Morgan fingerprint density at radius 2 is 2.26 bits per heavy atom. The van der Waals surface area contributed by atoms with Crippen LogP contribution in [0, 0.1) is 6.92 Å². The fourth-order valence-electron chi connectivity index (χ4n) is 1.51. The minimum Gasteiger partial charge on any atom is -0.494 e. The average molecular weight is 298 g/mol. The lowest BCUT2D eigenvalue weighted by molar-refractivity contribution is 0.102. The van der Waals surface area contributed by atoms with Crippen LogP contribution in [0.4, 0.5) is 5.69 Å². The van der Waals surface area contributed by atoms with Crippen molar-refractivity contribution >= 4 is 34.5 Å². The number of rotatable bonds is 4. The van der Waals surface area contributed by atoms with Gasteiger partial charge < -0.3 is 10.1 Å². The summed E-state index contributed by atoms with van der Waals surface area (Å²) in [5, 5.41) is 10.3. The molecule has 0 fully saturated rings. The molecule has 1 aromatic carbocycles. The summed E-state index contributed by atoms with van der Waals surface area (Å²) in [6.07, 6.45) is 0. The summed E-state index contributed by atoms with van der Waals surface area (Å²) in [5.41, 5.74) is 1.62. The summed E-state index contributed by atoms with van der Waals surface area (Å²) < 4.78 is 5.63. The van der Waals surface area contributed by atoms with Gasteiger partial charge in [0.15, 0.2) is 0 Å². The fourth-order valence-corrected chi connectivity index (χ4v) is 2.23. The topological polar surface area (TPSA) is 64.1 Å². The predicted molar refractivity (Wildman–Crippen MR) is 75.2 cm³/mol. The van der Waals surface area contributed by atoms with E-state index in [1.54, 1.807) is 12.1 Å². The van der Waals surface area contributed by atoms with Crippen LogP contribution in [-0.4, -0.2) is 22.7 Å². The third-order valence-corrected chi connectivity index (χ3v) is 3.37. The Kier molecular flexibility index (Phi) is 4.34. The van der Waals surface area contributed by atoms with Gasteiger partial charge in [-0.25, -0.2) is 0 Å². The SMILES string of the molecule is CCOc1ccc(NC(=O)c2nnc(Cl)s2)c(C)c1. The van der Waals surface area contributed by atoms with Crippen LogP contribution in [0.5, 0.6) is 5.75 Å². The molecular weight excluding hydrogens is 286 g/mol. The van der Waals surface area contributed by atoms with Crippen molar-refractivity contribution in [2.24, 2.45) is 0 Å². The highest BCUT2D eigenvalue weighted by molar-refractivity contribution is 7.17. The molecule has 19 heavy (non-hydrogen) atoms. The van der Waals surface area contributed by atoms with Crippen LogP contribution in [0.1, 0.15) is 22.3 Å². The molecule has 0 saturated heterocycles. The second-order valence-corrected chi connectivity index (χ2v) is 5.28. The molecule has 1 aromatic heterocycles. The number of nitrogens with zero attached hydrogens (tertiary/aromatic N) is 2. The van der Waals surface area contributed by atoms with E-state index in [1.807, 2.05) is 19.9 Å². The van der Waals surface area contributed by atoms with Crippen LogP contribution >= 0.6 is 22.9 Å². The van der Waals surface area contributed by atoms with E-state index < -0.39 is 0 Å². The molecule has 7 heteroatoms. The van der Waals surface area contributed by atoms with Gasteiger partial charge in [0.25, 0.3) is 5.91 Å². The van der Waals surface area contributed by atoms with E-state index in [4.69, 9.17) is 16.3 Å². The number of aryl methyl sites for hydroxylation is 1. The maximum atomic E-state index is 11.9. The number of amides is 1. The molecular formula is C12H12ClN3O2S. The third kappa shape index (κ3) is 3.42. The van der Waals surface area contributed by atoms with Crippen molar-refractivity contribution in [2.75, 3.05) is 11.9 Å². The number of anilines is 1. The Morgan fingerprint density at radius 1 is 1.47 bits per heavy atom. The van der Waals surface area contributed by atoms with Gasteiger partial charge in [-0.05, 0) is 49.2 Å². The van der Waals surface area contributed by atoms with Gasteiger partial charge in [-0.2, -0.15) is 0 Å². The lowest BCUT2D eigenvalue weighted by atomic mass is 10.2. The highest BCUT2D eigenvalue weighted by Gasteiger charge is 2.13. The third-order valence-electron chi connectivity index (χ3n) is 2.35. The zero-order chi connectivity index (χ0) is 13.8. The number of nitrogens with one attached hydrogen (secondary N) is 1. The van der Waals surface area contributed by atoms with E-state index in [2.05, 4.69) is 15.5 Å². The smallest absolute Gasteiger partial charge is 0.286 e. The van der Waals surface area contributed by atoms with Crippen molar-refractivity contribution in [3.05, 3.63) is 33.2 Å². The number of aromatic nitrogens is 2. The van der Waals surface area contributed by atoms with E-state index in [-0.39, 0.29) is 15.4 Å². The standard InChI is InChI=1S/C12H12ClN3O2S/c1-3-18-8-4-5-9(7(2)6-8)14-10(17)11-15-16-12(13)19-11/h4-6H,3H2,1-2H3,(H,14,17). The van der Waals surface area contributed by atoms with Gasteiger partial charge in [-0.3, -0.25) is 4.79 Å². The van der Waals surface area contributed by atoms with E-state index >= 15 is 0 Å². The number of hydrogen-bond donors (Lipinski definition) is 1. The molecule has 0 aliphatic rings. The summed E-state index contributed by atoms with van der Waals surface area (Å²) >= 11 is 6.68. The molecule has 100 valence electrons. The first kappa shape index (κ1) is 13.8. The summed E-state index contributed by atoms with van der Waals surface area (Å²) in [7, 11) is 0. The summed E-state index contributed by atoms with van der Waals surface area (Å²) in [4.78, 5) is 11.9. The largest absolute Gasteiger partial charge is 0.494 e.